The molecule has 0 spiro atoms. The van der Waals surface area contributed by atoms with Crippen molar-refractivity contribution in [1.82, 2.24) is 4.98 Å². The van der Waals surface area contributed by atoms with E-state index in [1.165, 1.54) is 23.4 Å². The van der Waals surface area contributed by atoms with E-state index in [4.69, 9.17) is 0 Å². The largest absolute Gasteiger partial charge is 0.416 e. The Labute approximate surface area is 130 Å². The highest BCUT2D eigenvalue weighted by molar-refractivity contribution is 7.99. The Kier molecular flexibility index (Phi) is 3.83. The Morgan fingerprint density at radius 1 is 0.955 bits per heavy atom. The fourth-order valence-corrected chi connectivity index (χ4v) is 3.06. The topological polar surface area (TPSA) is 12.9 Å². The van der Waals surface area contributed by atoms with Gasteiger partial charge in [0.25, 0.3) is 0 Å². The minimum atomic E-state index is -4.35. The monoisotopic (exact) mass is 319 g/mol. The van der Waals surface area contributed by atoms with Gasteiger partial charge in [0.1, 0.15) is 0 Å². The SMILES string of the molecule is Cc1ccc(Sc2ccnc3cc(C(F)(F)F)ccc23)cc1. The molecule has 5 heteroatoms. The third-order valence-electron chi connectivity index (χ3n) is 3.28. The molecule has 0 bridgehead atoms. The number of halogens is 3. The first-order valence-corrected chi connectivity index (χ1v) is 7.45. The van der Waals surface area contributed by atoms with Crippen molar-refractivity contribution in [3.05, 3.63) is 65.9 Å². The van der Waals surface area contributed by atoms with Crippen molar-refractivity contribution >= 4 is 22.7 Å². The lowest BCUT2D eigenvalue weighted by atomic mass is 10.1. The smallest absolute Gasteiger partial charge is 0.256 e. The number of benzene rings is 2. The average Bonchev–Trinajstić information content (AvgIpc) is 2.48. The quantitative estimate of drug-likeness (QED) is 0.600. The van der Waals surface area contributed by atoms with Gasteiger partial charge in [-0.2, -0.15) is 13.2 Å². The summed E-state index contributed by atoms with van der Waals surface area (Å²) < 4.78 is 38.3. The van der Waals surface area contributed by atoms with E-state index in [-0.39, 0.29) is 0 Å². The lowest BCUT2D eigenvalue weighted by Gasteiger charge is -2.10. The number of rotatable bonds is 2. The lowest BCUT2D eigenvalue weighted by Crippen LogP contribution is -2.04. The normalized spacial score (nSPS) is 11.8. The maximum absolute atomic E-state index is 12.8. The molecule has 0 amide bonds. The molecule has 0 radical (unpaired) electrons. The molecule has 0 unspecified atom stereocenters. The highest BCUT2D eigenvalue weighted by Gasteiger charge is 2.30. The van der Waals surface area contributed by atoms with Gasteiger partial charge in [-0.15, -0.1) is 0 Å². The molecule has 1 nitrogen and oxygen atoms in total. The molecule has 3 rings (SSSR count). The molecule has 0 aliphatic carbocycles. The second kappa shape index (κ2) is 5.65. The third kappa shape index (κ3) is 3.09. The zero-order valence-corrected chi connectivity index (χ0v) is 12.5. The summed E-state index contributed by atoms with van der Waals surface area (Å²) in [6.07, 6.45) is -2.81. The molecule has 112 valence electrons. The molecule has 0 atom stereocenters. The van der Waals surface area contributed by atoms with E-state index in [9.17, 15) is 13.2 Å². The molecule has 1 heterocycles. The van der Waals surface area contributed by atoms with Crippen LogP contribution in [0.1, 0.15) is 11.1 Å². The van der Waals surface area contributed by atoms with Crippen molar-refractivity contribution in [2.24, 2.45) is 0 Å². The molecule has 2 aromatic carbocycles. The first kappa shape index (κ1) is 14.9. The van der Waals surface area contributed by atoms with Crippen LogP contribution >= 0.6 is 11.8 Å². The molecule has 0 N–H and O–H groups in total. The van der Waals surface area contributed by atoms with Crippen LogP contribution in [0.3, 0.4) is 0 Å². The van der Waals surface area contributed by atoms with Gasteiger partial charge in [0.05, 0.1) is 11.1 Å². The zero-order valence-electron chi connectivity index (χ0n) is 11.7. The lowest BCUT2D eigenvalue weighted by molar-refractivity contribution is -0.137. The average molecular weight is 319 g/mol. The van der Waals surface area contributed by atoms with E-state index in [1.54, 1.807) is 6.20 Å². The van der Waals surface area contributed by atoms with Gasteiger partial charge in [0, 0.05) is 21.4 Å². The summed E-state index contributed by atoms with van der Waals surface area (Å²) in [5.74, 6) is 0. The Hall–Kier alpha value is -2.01. The molecular formula is C17H12F3NS. The van der Waals surface area contributed by atoms with E-state index < -0.39 is 11.7 Å². The fraction of sp³-hybridized carbons (Fsp3) is 0.118. The Bertz CT molecular complexity index is 810. The maximum Gasteiger partial charge on any atom is 0.416 e. The van der Waals surface area contributed by atoms with Gasteiger partial charge >= 0.3 is 6.18 Å². The number of nitrogens with zero attached hydrogens (tertiary/aromatic N) is 1. The van der Waals surface area contributed by atoms with Gasteiger partial charge < -0.3 is 0 Å². The van der Waals surface area contributed by atoms with E-state index >= 15 is 0 Å². The first-order valence-electron chi connectivity index (χ1n) is 6.64. The summed E-state index contributed by atoms with van der Waals surface area (Å²) in [6.45, 7) is 2.01. The van der Waals surface area contributed by atoms with E-state index in [1.807, 2.05) is 37.3 Å². The summed E-state index contributed by atoms with van der Waals surface area (Å²) in [4.78, 5) is 5.99. The predicted molar refractivity (Wildman–Crippen MR) is 82.0 cm³/mol. The molecule has 0 saturated carbocycles. The summed E-state index contributed by atoms with van der Waals surface area (Å²) >= 11 is 1.52. The molecule has 22 heavy (non-hydrogen) atoms. The summed E-state index contributed by atoms with van der Waals surface area (Å²) in [6, 6.07) is 13.5. The molecule has 1 aromatic heterocycles. The number of aryl methyl sites for hydroxylation is 1. The van der Waals surface area contributed by atoms with Crippen LogP contribution in [-0.2, 0) is 6.18 Å². The van der Waals surface area contributed by atoms with Crippen LogP contribution in [0.15, 0.2) is 64.5 Å². The van der Waals surface area contributed by atoms with E-state index in [0.717, 1.165) is 27.3 Å². The third-order valence-corrected chi connectivity index (χ3v) is 4.36. The first-order chi connectivity index (χ1) is 10.4. The Morgan fingerprint density at radius 3 is 2.36 bits per heavy atom. The van der Waals surface area contributed by atoms with Gasteiger partial charge in [0.2, 0.25) is 0 Å². The van der Waals surface area contributed by atoms with Gasteiger partial charge in [-0.05, 0) is 37.3 Å². The van der Waals surface area contributed by atoms with Crippen molar-refractivity contribution in [3.63, 3.8) is 0 Å². The number of hydrogen-bond acceptors (Lipinski definition) is 2. The number of aromatic nitrogens is 1. The van der Waals surface area contributed by atoms with Crippen LogP contribution in [-0.4, -0.2) is 4.98 Å². The molecule has 0 aliphatic rings. The van der Waals surface area contributed by atoms with Gasteiger partial charge in [-0.3, -0.25) is 4.98 Å². The van der Waals surface area contributed by atoms with Gasteiger partial charge in [-0.25, -0.2) is 0 Å². The van der Waals surface area contributed by atoms with Crippen molar-refractivity contribution in [3.8, 4) is 0 Å². The number of fused-ring (bicyclic) bond motifs is 1. The van der Waals surface area contributed by atoms with E-state index in [2.05, 4.69) is 4.98 Å². The van der Waals surface area contributed by atoms with E-state index in [0.29, 0.717) is 5.52 Å². The predicted octanol–water partition coefficient (Wildman–Crippen LogP) is 5.71. The van der Waals surface area contributed by atoms with Crippen molar-refractivity contribution in [1.29, 1.82) is 0 Å². The number of pyridine rings is 1. The van der Waals surface area contributed by atoms with Crippen LogP contribution in [0.2, 0.25) is 0 Å². The van der Waals surface area contributed by atoms with Crippen molar-refractivity contribution < 1.29 is 13.2 Å². The minimum absolute atomic E-state index is 0.354. The van der Waals surface area contributed by atoms with Crippen LogP contribution in [0.4, 0.5) is 13.2 Å². The summed E-state index contributed by atoms with van der Waals surface area (Å²) in [5, 5.41) is 0.723. The van der Waals surface area contributed by atoms with Crippen LogP contribution in [0, 0.1) is 6.92 Å². The fourth-order valence-electron chi connectivity index (χ4n) is 2.12. The molecule has 0 aliphatic heterocycles. The number of hydrogen-bond donors (Lipinski definition) is 0. The second-order valence-electron chi connectivity index (χ2n) is 4.95. The van der Waals surface area contributed by atoms with Crippen LogP contribution in [0.25, 0.3) is 10.9 Å². The molecule has 0 fully saturated rings. The summed E-state index contributed by atoms with van der Waals surface area (Å²) in [5.41, 5.74) is 0.843. The highest BCUT2D eigenvalue weighted by atomic mass is 32.2. The second-order valence-corrected chi connectivity index (χ2v) is 6.07. The highest BCUT2D eigenvalue weighted by Crippen LogP contribution is 2.36. The Morgan fingerprint density at radius 2 is 1.68 bits per heavy atom. The molecule has 3 aromatic rings. The standard InChI is InChI=1S/C17H12F3NS/c1-11-2-5-13(6-3-11)22-16-8-9-21-15-10-12(17(18,19)20)4-7-14(15)16/h2-10H,1H3. The van der Waals surface area contributed by atoms with Crippen molar-refractivity contribution in [2.75, 3.05) is 0 Å². The Balaban J connectivity index is 2.02. The molecule has 0 saturated heterocycles. The number of alkyl halides is 3. The van der Waals surface area contributed by atoms with Gasteiger partial charge in [-0.1, -0.05) is 35.5 Å². The molecular weight excluding hydrogens is 307 g/mol. The van der Waals surface area contributed by atoms with Crippen LogP contribution in [0.5, 0.6) is 0 Å². The van der Waals surface area contributed by atoms with Gasteiger partial charge in [0.15, 0.2) is 0 Å². The minimum Gasteiger partial charge on any atom is -0.256 e. The maximum atomic E-state index is 12.8. The van der Waals surface area contributed by atoms with Crippen LogP contribution < -0.4 is 0 Å². The van der Waals surface area contributed by atoms with Crippen molar-refractivity contribution in [2.45, 2.75) is 22.9 Å². The zero-order chi connectivity index (χ0) is 15.7. The summed E-state index contributed by atoms with van der Waals surface area (Å²) in [7, 11) is 0.